The van der Waals surface area contributed by atoms with Gasteiger partial charge in [0, 0.05) is 19.1 Å². The molecule has 0 aliphatic carbocycles. The SMILES string of the molecule is CCc1ccc(CC(=O)N2CCC(NC)CC2)cc1.Cl. The van der Waals surface area contributed by atoms with Gasteiger partial charge >= 0.3 is 0 Å². The lowest BCUT2D eigenvalue weighted by molar-refractivity contribution is -0.131. The molecular formula is C16H25ClN2O. The van der Waals surface area contributed by atoms with Crippen molar-refractivity contribution in [2.24, 2.45) is 0 Å². The summed E-state index contributed by atoms with van der Waals surface area (Å²) in [5, 5.41) is 3.29. The third-order valence-electron chi connectivity index (χ3n) is 4.04. The Balaban J connectivity index is 0.00000200. The molecule has 20 heavy (non-hydrogen) atoms. The number of hydrogen-bond donors (Lipinski definition) is 1. The number of nitrogens with zero attached hydrogens (tertiary/aromatic N) is 1. The van der Waals surface area contributed by atoms with Crippen LogP contribution in [0.15, 0.2) is 24.3 Å². The maximum atomic E-state index is 12.2. The molecule has 112 valence electrons. The van der Waals surface area contributed by atoms with Crippen molar-refractivity contribution in [3.05, 3.63) is 35.4 Å². The molecule has 0 unspecified atom stereocenters. The Morgan fingerprint density at radius 1 is 1.20 bits per heavy atom. The molecule has 0 bridgehead atoms. The molecule has 1 fully saturated rings. The first-order valence-corrected chi connectivity index (χ1v) is 7.25. The van der Waals surface area contributed by atoms with E-state index in [9.17, 15) is 4.79 Å². The Kier molecular flexibility index (Phi) is 7.03. The molecule has 3 nitrogen and oxygen atoms in total. The number of carbonyl (C=O) groups excluding carboxylic acids is 1. The van der Waals surface area contributed by atoms with Gasteiger partial charge in [0.1, 0.15) is 0 Å². The van der Waals surface area contributed by atoms with Gasteiger partial charge < -0.3 is 10.2 Å². The van der Waals surface area contributed by atoms with Gasteiger partial charge in [-0.1, -0.05) is 31.2 Å². The van der Waals surface area contributed by atoms with Crippen LogP contribution in [0.2, 0.25) is 0 Å². The van der Waals surface area contributed by atoms with Crippen LogP contribution < -0.4 is 5.32 Å². The third-order valence-corrected chi connectivity index (χ3v) is 4.04. The normalized spacial score (nSPS) is 15.8. The van der Waals surface area contributed by atoms with Crippen molar-refractivity contribution in [3.63, 3.8) is 0 Å². The Morgan fingerprint density at radius 2 is 1.75 bits per heavy atom. The molecule has 0 spiro atoms. The molecule has 1 aliphatic heterocycles. The van der Waals surface area contributed by atoms with Crippen LogP contribution in [-0.2, 0) is 17.6 Å². The summed E-state index contributed by atoms with van der Waals surface area (Å²) in [5.41, 5.74) is 2.45. The van der Waals surface area contributed by atoms with Crippen LogP contribution in [0.3, 0.4) is 0 Å². The zero-order valence-corrected chi connectivity index (χ0v) is 13.2. The van der Waals surface area contributed by atoms with Gasteiger partial charge in [-0.2, -0.15) is 0 Å². The van der Waals surface area contributed by atoms with E-state index >= 15 is 0 Å². The molecule has 1 aromatic rings. The minimum atomic E-state index is 0. The molecule has 4 heteroatoms. The van der Waals surface area contributed by atoms with Crippen molar-refractivity contribution >= 4 is 18.3 Å². The number of piperidine rings is 1. The van der Waals surface area contributed by atoms with Crippen molar-refractivity contribution in [3.8, 4) is 0 Å². The average Bonchev–Trinajstić information content (AvgIpc) is 2.48. The second-order valence-corrected chi connectivity index (χ2v) is 5.29. The van der Waals surface area contributed by atoms with Crippen LogP contribution >= 0.6 is 12.4 Å². The molecule has 0 atom stereocenters. The zero-order chi connectivity index (χ0) is 13.7. The summed E-state index contributed by atoms with van der Waals surface area (Å²) in [4.78, 5) is 14.2. The lowest BCUT2D eigenvalue weighted by Gasteiger charge is -2.31. The number of nitrogens with one attached hydrogen (secondary N) is 1. The zero-order valence-electron chi connectivity index (χ0n) is 12.4. The van der Waals surface area contributed by atoms with Gasteiger partial charge in [0.15, 0.2) is 0 Å². The van der Waals surface area contributed by atoms with Gasteiger partial charge in [0.2, 0.25) is 5.91 Å². The minimum Gasteiger partial charge on any atom is -0.342 e. The minimum absolute atomic E-state index is 0. The first-order chi connectivity index (χ1) is 9.22. The second kappa shape index (κ2) is 8.28. The maximum Gasteiger partial charge on any atom is 0.226 e. The fraction of sp³-hybridized carbons (Fsp3) is 0.562. The van der Waals surface area contributed by atoms with E-state index < -0.39 is 0 Å². The van der Waals surface area contributed by atoms with E-state index in [1.165, 1.54) is 5.56 Å². The Morgan fingerprint density at radius 3 is 2.25 bits per heavy atom. The summed E-state index contributed by atoms with van der Waals surface area (Å²) >= 11 is 0. The van der Waals surface area contributed by atoms with Gasteiger partial charge in [-0.15, -0.1) is 12.4 Å². The quantitative estimate of drug-likeness (QED) is 0.925. The van der Waals surface area contributed by atoms with E-state index in [1.54, 1.807) is 0 Å². The van der Waals surface area contributed by atoms with Crippen LogP contribution in [0.4, 0.5) is 0 Å². The smallest absolute Gasteiger partial charge is 0.226 e. The first kappa shape index (κ1) is 17.0. The van der Waals surface area contributed by atoms with Crippen LogP contribution in [0.1, 0.15) is 30.9 Å². The molecule has 0 radical (unpaired) electrons. The number of aryl methyl sites for hydroxylation is 1. The number of amides is 1. The number of rotatable bonds is 4. The predicted octanol–water partition coefficient (Wildman–Crippen LogP) is 2.42. The third kappa shape index (κ3) is 4.50. The lowest BCUT2D eigenvalue weighted by atomic mass is 10.0. The largest absolute Gasteiger partial charge is 0.342 e. The molecule has 1 N–H and O–H groups in total. The van der Waals surface area contributed by atoms with E-state index in [1.807, 2.05) is 11.9 Å². The summed E-state index contributed by atoms with van der Waals surface area (Å²) in [5.74, 6) is 0.263. The van der Waals surface area contributed by atoms with Crippen LogP contribution in [0.5, 0.6) is 0 Å². The molecule has 0 saturated carbocycles. The first-order valence-electron chi connectivity index (χ1n) is 7.25. The monoisotopic (exact) mass is 296 g/mol. The topological polar surface area (TPSA) is 32.3 Å². The van der Waals surface area contributed by atoms with Gasteiger partial charge in [-0.05, 0) is 37.4 Å². The van der Waals surface area contributed by atoms with Gasteiger partial charge in [0.05, 0.1) is 6.42 Å². The number of likely N-dealkylation sites (tertiary alicyclic amines) is 1. The van der Waals surface area contributed by atoms with Gasteiger partial charge in [-0.25, -0.2) is 0 Å². The Bertz CT molecular complexity index is 411. The molecular weight excluding hydrogens is 272 g/mol. The highest BCUT2D eigenvalue weighted by atomic mass is 35.5. The van der Waals surface area contributed by atoms with E-state index in [-0.39, 0.29) is 18.3 Å². The maximum absolute atomic E-state index is 12.2. The van der Waals surface area contributed by atoms with Gasteiger partial charge in [-0.3, -0.25) is 4.79 Å². The van der Waals surface area contributed by atoms with Gasteiger partial charge in [0.25, 0.3) is 0 Å². The number of halogens is 1. The van der Waals surface area contributed by atoms with Crippen molar-refractivity contribution in [1.29, 1.82) is 0 Å². The van der Waals surface area contributed by atoms with E-state index in [4.69, 9.17) is 0 Å². The number of carbonyl (C=O) groups is 1. The van der Waals surface area contributed by atoms with Crippen molar-refractivity contribution in [1.82, 2.24) is 10.2 Å². The molecule has 1 aromatic carbocycles. The molecule has 1 heterocycles. The summed E-state index contributed by atoms with van der Waals surface area (Å²) in [6, 6.07) is 8.98. The Hall–Kier alpha value is -1.06. The average molecular weight is 297 g/mol. The van der Waals surface area contributed by atoms with E-state index in [0.29, 0.717) is 12.5 Å². The molecule has 0 aromatic heterocycles. The standard InChI is InChI=1S/C16H24N2O.ClH/c1-3-13-4-6-14(7-5-13)12-16(19)18-10-8-15(17-2)9-11-18;/h4-7,15,17H,3,8-12H2,1-2H3;1H. The molecule has 1 amide bonds. The summed E-state index contributed by atoms with van der Waals surface area (Å²) in [6.07, 6.45) is 3.72. The highest BCUT2D eigenvalue weighted by Gasteiger charge is 2.21. The highest BCUT2D eigenvalue weighted by Crippen LogP contribution is 2.13. The van der Waals surface area contributed by atoms with Crippen molar-refractivity contribution < 1.29 is 4.79 Å². The molecule has 1 aliphatic rings. The molecule has 1 saturated heterocycles. The highest BCUT2D eigenvalue weighted by molar-refractivity contribution is 5.85. The van der Waals surface area contributed by atoms with Crippen LogP contribution in [0, 0.1) is 0 Å². The summed E-state index contributed by atoms with van der Waals surface area (Å²) in [6.45, 7) is 3.92. The van der Waals surface area contributed by atoms with E-state index in [0.717, 1.165) is 37.9 Å². The fourth-order valence-corrected chi connectivity index (χ4v) is 2.60. The molecule has 2 rings (SSSR count). The second-order valence-electron chi connectivity index (χ2n) is 5.29. The summed E-state index contributed by atoms with van der Waals surface area (Å²) < 4.78 is 0. The van der Waals surface area contributed by atoms with Crippen molar-refractivity contribution in [2.75, 3.05) is 20.1 Å². The number of hydrogen-bond acceptors (Lipinski definition) is 2. The Labute approximate surface area is 128 Å². The van der Waals surface area contributed by atoms with Crippen LogP contribution in [0.25, 0.3) is 0 Å². The number of benzene rings is 1. The van der Waals surface area contributed by atoms with Crippen molar-refractivity contribution in [2.45, 2.75) is 38.6 Å². The fourth-order valence-electron chi connectivity index (χ4n) is 2.60. The van der Waals surface area contributed by atoms with Crippen LogP contribution in [-0.4, -0.2) is 37.0 Å². The van der Waals surface area contributed by atoms with E-state index in [2.05, 4.69) is 36.5 Å². The lowest BCUT2D eigenvalue weighted by Crippen LogP contribution is -2.44. The summed E-state index contributed by atoms with van der Waals surface area (Å²) in [7, 11) is 2.00. The predicted molar refractivity (Wildman–Crippen MR) is 85.4 cm³/mol.